The number of hydrogen-bond donors (Lipinski definition) is 2. The number of benzene rings is 2. The van der Waals surface area contributed by atoms with Gasteiger partial charge in [0.25, 0.3) is 0 Å². The fraction of sp³-hybridized carbons (Fsp3) is 0.278. The molecular weight excluding hydrogens is 276 g/mol. The van der Waals surface area contributed by atoms with Gasteiger partial charge in [-0.25, -0.2) is 0 Å². The number of carbonyl (C=O) groups excluding carboxylic acids is 1. The van der Waals surface area contributed by atoms with Crippen molar-refractivity contribution in [1.29, 1.82) is 0 Å². The topological polar surface area (TPSA) is 52.6 Å². The van der Waals surface area contributed by atoms with Crippen LogP contribution in [0.2, 0.25) is 0 Å². The number of likely N-dealkylation sites (N-methyl/N-ethyl adjacent to an activating group) is 1. The molecule has 2 aromatic carbocycles. The first-order valence-electron chi connectivity index (χ1n) is 7.50. The quantitative estimate of drug-likeness (QED) is 0.912. The Hall–Kier alpha value is -2.33. The predicted molar refractivity (Wildman–Crippen MR) is 88.1 cm³/mol. The molecule has 0 radical (unpaired) electrons. The Balaban J connectivity index is 1.64. The van der Waals surface area contributed by atoms with Crippen LogP contribution in [0.3, 0.4) is 0 Å². The lowest BCUT2D eigenvalue weighted by atomic mass is 10.1. The number of amides is 1. The van der Waals surface area contributed by atoms with E-state index < -0.39 is 6.10 Å². The van der Waals surface area contributed by atoms with Crippen molar-refractivity contribution >= 4 is 17.3 Å². The van der Waals surface area contributed by atoms with Gasteiger partial charge in [-0.3, -0.25) is 4.79 Å². The normalized spacial score (nSPS) is 14.5. The molecule has 3 rings (SSSR count). The van der Waals surface area contributed by atoms with Crippen LogP contribution in [0.1, 0.15) is 23.7 Å². The number of aliphatic hydroxyl groups excluding tert-OH is 1. The minimum absolute atomic E-state index is 0.0525. The second-order valence-corrected chi connectivity index (χ2v) is 5.69. The maximum atomic E-state index is 12.1. The molecule has 0 aromatic heterocycles. The predicted octanol–water partition coefficient (Wildman–Crippen LogP) is 2.74. The molecule has 1 aliphatic heterocycles. The lowest BCUT2D eigenvalue weighted by Gasteiger charge is -2.14. The van der Waals surface area contributed by atoms with Crippen molar-refractivity contribution in [3.8, 4) is 0 Å². The second kappa shape index (κ2) is 6.20. The van der Waals surface area contributed by atoms with Gasteiger partial charge in [0.1, 0.15) is 0 Å². The first-order valence-corrected chi connectivity index (χ1v) is 7.50. The molecule has 4 nitrogen and oxygen atoms in total. The number of nitrogens with one attached hydrogen (secondary N) is 1. The summed E-state index contributed by atoms with van der Waals surface area (Å²) in [6.45, 7) is 1.01. The number of anilines is 2. The van der Waals surface area contributed by atoms with Crippen molar-refractivity contribution in [3.63, 3.8) is 0 Å². The summed E-state index contributed by atoms with van der Waals surface area (Å²) in [5.74, 6) is -0.183. The van der Waals surface area contributed by atoms with Crippen LogP contribution in [-0.4, -0.2) is 24.6 Å². The minimum atomic E-state index is -0.779. The molecule has 1 heterocycles. The molecule has 4 heteroatoms. The van der Waals surface area contributed by atoms with Gasteiger partial charge < -0.3 is 15.3 Å². The fourth-order valence-corrected chi connectivity index (χ4v) is 2.80. The number of carbonyl (C=O) groups is 1. The summed E-state index contributed by atoms with van der Waals surface area (Å²) >= 11 is 0. The van der Waals surface area contributed by atoms with Gasteiger partial charge in [-0.1, -0.05) is 36.4 Å². The third-order valence-electron chi connectivity index (χ3n) is 4.06. The molecule has 22 heavy (non-hydrogen) atoms. The molecule has 1 atom stereocenters. The SMILES string of the molecule is CN1CCc2ccc(NC(=O)CC(O)c3ccccc3)cc21. The number of aliphatic hydroxyl groups is 1. The zero-order valence-corrected chi connectivity index (χ0v) is 12.6. The van der Waals surface area contributed by atoms with E-state index in [4.69, 9.17) is 0 Å². The van der Waals surface area contributed by atoms with Crippen molar-refractivity contribution in [2.24, 2.45) is 0 Å². The fourth-order valence-electron chi connectivity index (χ4n) is 2.80. The molecule has 1 unspecified atom stereocenters. The molecule has 0 saturated heterocycles. The highest BCUT2D eigenvalue weighted by Gasteiger charge is 2.17. The summed E-state index contributed by atoms with van der Waals surface area (Å²) in [6, 6.07) is 15.2. The average molecular weight is 296 g/mol. The van der Waals surface area contributed by atoms with E-state index in [9.17, 15) is 9.90 Å². The summed E-state index contributed by atoms with van der Waals surface area (Å²) in [7, 11) is 2.05. The largest absolute Gasteiger partial charge is 0.388 e. The summed E-state index contributed by atoms with van der Waals surface area (Å²) in [6.07, 6.45) is 0.322. The first kappa shape index (κ1) is 14.6. The Bertz CT molecular complexity index is 670. The molecule has 0 fully saturated rings. The molecule has 1 aliphatic rings. The highest BCUT2D eigenvalue weighted by molar-refractivity contribution is 5.92. The molecule has 0 spiro atoms. The number of hydrogen-bond acceptors (Lipinski definition) is 3. The lowest BCUT2D eigenvalue weighted by Crippen LogP contribution is -2.16. The van der Waals surface area contributed by atoms with Crippen molar-refractivity contribution in [3.05, 3.63) is 59.7 Å². The number of fused-ring (bicyclic) bond motifs is 1. The van der Waals surface area contributed by atoms with Crippen LogP contribution >= 0.6 is 0 Å². The van der Waals surface area contributed by atoms with Crippen molar-refractivity contribution < 1.29 is 9.90 Å². The molecule has 0 bridgehead atoms. The van der Waals surface area contributed by atoms with Crippen molar-refractivity contribution in [1.82, 2.24) is 0 Å². The zero-order chi connectivity index (χ0) is 15.5. The number of rotatable bonds is 4. The molecule has 1 amide bonds. The second-order valence-electron chi connectivity index (χ2n) is 5.69. The van der Waals surface area contributed by atoms with Crippen LogP contribution in [0.4, 0.5) is 11.4 Å². The maximum Gasteiger partial charge on any atom is 0.227 e. The van der Waals surface area contributed by atoms with Crippen molar-refractivity contribution in [2.45, 2.75) is 18.9 Å². The first-order chi connectivity index (χ1) is 10.6. The minimum Gasteiger partial charge on any atom is -0.388 e. The van der Waals surface area contributed by atoms with Gasteiger partial charge in [0, 0.05) is 25.0 Å². The van der Waals surface area contributed by atoms with Gasteiger partial charge in [0.05, 0.1) is 12.5 Å². The Morgan fingerprint density at radius 2 is 2.05 bits per heavy atom. The number of nitrogens with zero attached hydrogens (tertiary/aromatic N) is 1. The van der Waals surface area contributed by atoms with Gasteiger partial charge in [-0.05, 0) is 29.7 Å². The van der Waals surface area contributed by atoms with Crippen LogP contribution in [0.15, 0.2) is 48.5 Å². The smallest absolute Gasteiger partial charge is 0.227 e. The Morgan fingerprint density at radius 3 is 2.82 bits per heavy atom. The van der Waals surface area contributed by atoms with E-state index in [0.29, 0.717) is 0 Å². The molecule has 0 saturated carbocycles. The van der Waals surface area contributed by atoms with E-state index in [1.807, 2.05) is 42.5 Å². The van der Waals surface area contributed by atoms with Crippen LogP contribution < -0.4 is 10.2 Å². The van der Waals surface area contributed by atoms with Gasteiger partial charge in [-0.2, -0.15) is 0 Å². The zero-order valence-electron chi connectivity index (χ0n) is 12.6. The van der Waals surface area contributed by atoms with Gasteiger partial charge in [0.2, 0.25) is 5.91 Å². The summed E-state index contributed by atoms with van der Waals surface area (Å²) in [5, 5.41) is 13.0. The summed E-state index contributed by atoms with van der Waals surface area (Å²) in [5.41, 5.74) is 4.01. The molecule has 114 valence electrons. The Kier molecular flexibility index (Phi) is 4.11. The third kappa shape index (κ3) is 3.12. The van der Waals surface area contributed by atoms with Gasteiger partial charge in [0.15, 0.2) is 0 Å². The van der Waals surface area contributed by atoms with E-state index in [2.05, 4.69) is 23.3 Å². The summed E-state index contributed by atoms with van der Waals surface area (Å²) < 4.78 is 0. The Morgan fingerprint density at radius 1 is 1.27 bits per heavy atom. The van der Waals surface area contributed by atoms with Crippen LogP contribution in [0, 0.1) is 0 Å². The van der Waals surface area contributed by atoms with E-state index >= 15 is 0 Å². The molecule has 0 aliphatic carbocycles. The highest BCUT2D eigenvalue weighted by Crippen LogP contribution is 2.29. The van der Waals surface area contributed by atoms with E-state index in [-0.39, 0.29) is 12.3 Å². The maximum absolute atomic E-state index is 12.1. The van der Waals surface area contributed by atoms with E-state index in [1.54, 1.807) is 0 Å². The Labute approximate surface area is 130 Å². The lowest BCUT2D eigenvalue weighted by molar-refractivity contribution is -0.118. The van der Waals surface area contributed by atoms with Crippen molar-refractivity contribution in [2.75, 3.05) is 23.8 Å². The van der Waals surface area contributed by atoms with E-state index in [1.165, 1.54) is 11.3 Å². The highest BCUT2D eigenvalue weighted by atomic mass is 16.3. The standard InChI is InChI=1S/C18H20N2O2/c1-20-10-9-13-7-8-15(11-16(13)20)19-18(22)12-17(21)14-5-3-2-4-6-14/h2-8,11,17,21H,9-10,12H2,1H3,(H,19,22). The van der Waals surface area contributed by atoms with Crippen LogP contribution in [0.25, 0.3) is 0 Å². The summed E-state index contributed by atoms with van der Waals surface area (Å²) in [4.78, 5) is 14.3. The molecule has 2 aromatic rings. The van der Waals surface area contributed by atoms with Crippen LogP contribution in [0.5, 0.6) is 0 Å². The van der Waals surface area contributed by atoms with Crippen LogP contribution in [-0.2, 0) is 11.2 Å². The van der Waals surface area contributed by atoms with Gasteiger partial charge >= 0.3 is 0 Å². The third-order valence-corrected chi connectivity index (χ3v) is 4.06. The molecular formula is C18H20N2O2. The molecule has 2 N–H and O–H groups in total. The monoisotopic (exact) mass is 296 g/mol. The average Bonchev–Trinajstić information content (AvgIpc) is 2.89. The van der Waals surface area contributed by atoms with E-state index in [0.717, 1.165) is 24.2 Å². The van der Waals surface area contributed by atoms with Gasteiger partial charge in [-0.15, -0.1) is 0 Å².